The van der Waals surface area contributed by atoms with Crippen LogP contribution in [0.3, 0.4) is 0 Å². The number of rotatable bonds is 3. The molecule has 2 rings (SSSR count). The molecule has 0 bridgehead atoms. The van der Waals surface area contributed by atoms with Crippen molar-refractivity contribution in [3.63, 3.8) is 0 Å². The number of nitrogens with one attached hydrogen (secondary N) is 1. The van der Waals surface area contributed by atoms with Crippen molar-refractivity contribution in [3.8, 4) is 0 Å². The maximum Gasteiger partial charge on any atom is 0.267 e. The summed E-state index contributed by atoms with van der Waals surface area (Å²) < 4.78 is 36.4. The molecule has 7 nitrogen and oxygen atoms in total. The molecule has 0 radical (unpaired) electrons. The predicted octanol–water partition coefficient (Wildman–Crippen LogP) is 0.898. The van der Waals surface area contributed by atoms with Gasteiger partial charge in [-0.1, -0.05) is 39.0 Å². The van der Waals surface area contributed by atoms with Gasteiger partial charge in [-0.2, -0.15) is 0 Å². The van der Waals surface area contributed by atoms with Crippen LogP contribution in [0, 0.1) is 10.8 Å². The third kappa shape index (κ3) is 1.78. The van der Waals surface area contributed by atoms with E-state index >= 15 is 0 Å². The molecular weight excluding hydrogens is 307 g/mol. The Morgan fingerprint density at radius 1 is 1.25 bits per heavy atom. The van der Waals surface area contributed by atoms with Crippen LogP contribution in [0.25, 0.3) is 0 Å². The summed E-state index contributed by atoms with van der Waals surface area (Å²) in [5.41, 5.74) is -3.69. The van der Waals surface area contributed by atoms with Crippen LogP contribution in [0.15, 0.2) is 4.34 Å². The number of carbonyl (C=O) groups excluding carboxylic acids is 1. The topological polar surface area (TPSA) is 115 Å². The van der Waals surface area contributed by atoms with E-state index in [1.54, 1.807) is 27.7 Å². The van der Waals surface area contributed by atoms with Gasteiger partial charge in [-0.3, -0.25) is 10.1 Å². The molecule has 0 aromatic carbocycles. The van der Waals surface area contributed by atoms with Gasteiger partial charge in [0.25, 0.3) is 15.9 Å². The molecule has 1 aliphatic rings. The second-order valence-corrected chi connectivity index (χ2v) is 8.49. The Kier molecular flexibility index (Phi) is 3.02. The third-order valence-electron chi connectivity index (χ3n) is 4.41. The summed E-state index contributed by atoms with van der Waals surface area (Å²) in [5.74, 6) is -0.857. The molecule has 3 N–H and O–H groups in total. The zero-order valence-electron chi connectivity index (χ0n) is 11.4. The molecule has 1 aromatic heterocycles. The first-order valence-corrected chi connectivity index (χ1v) is 8.08. The zero-order chi connectivity index (χ0) is 15.6. The van der Waals surface area contributed by atoms with Gasteiger partial charge in [-0.15, -0.1) is 10.2 Å². The number of nitrogens with zero attached hydrogens (tertiary/aromatic N) is 2. The number of halogens is 1. The number of anilines is 1. The number of hydrogen-bond donors (Lipinski definition) is 2. The minimum Gasteiger partial charge on any atom is -0.298 e. The molecule has 0 aliphatic heterocycles. The molecular formula is C10H15FN4O3S2. The van der Waals surface area contributed by atoms with Crippen LogP contribution in [0.5, 0.6) is 0 Å². The Bertz CT molecular complexity index is 666. The fourth-order valence-corrected chi connectivity index (χ4v) is 3.70. The number of alkyl halides is 1. The van der Waals surface area contributed by atoms with Crippen molar-refractivity contribution in [2.24, 2.45) is 16.0 Å². The Balaban J connectivity index is 2.21. The van der Waals surface area contributed by atoms with E-state index in [1.807, 2.05) is 0 Å². The molecule has 0 saturated heterocycles. The van der Waals surface area contributed by atoms with Gasteiger partial charge in [0, 0.05) is 10.8 Å². The van der Waals surface area contributed by atoms with Gasteiger partial charge in [-0.25, -0.2) is 17.9 Å². The standard InChI is InChI=1S/C10H15FN4O3S2/c1-8(2)9(3,4)10(8,11)5(16)13-6-14-15-7(19-6)20(12,17)18/h1-4H3,(H2,12,17,18)(H,13,14,16). The summed E-state index contributed by atoms with van der Waals surface area (Å²) in [4.78, 5) is 12.1. The van der Waals surface area contributed by atoms with E-state index in [1.165, 1.54) is 0 Å². The second kappa shape index (κ2) is 3.95. The van der Waals surface area contributed by atoms with E-state index in [9.17, 15) is 17.6 Å². The van der Waals surface area contributed by atoms with Crippen molar-refractivity contribution in [1.82, 2.24) is 10.2 Å². The first-order valence-electron chi connectivity index (χ1n) is 5.72. The monoisotopic (exact) mass is 322 g/mol. The highest BCUT2D eigenvalue weighted by Crippen LogP contribution is 2.73. The number of primary sulfonamides is 1. The second-order valence-electron chi connectivity index (χ2n) is 5.78. The lowest BCUT2D eigenvalue weighted by atomic mass is 10.0. The highest BCUT2D eigenvalue weighted by Gasteiger charge is 2.83. The SMILES string of the molecule is CC1(C)C(C)(C)C1(F)C(=O)Nc1nnc(S(N)(=O)=O)s1. The molecule has 0 atom stereocenters. The van der Waals surface area contributed by atoms with Crippen LogP contribution in [0.4, 0.5) is 9.52 Å². The molecule has 112 valence electrons. The predicted molar refractivity (Wildman–Crippen MR) is 71.3 cm³/mol. The Morgan fingerprint density at radius 2 is 1.75 bits per heavy atom. The number of nitrogens with two attached hydrogens (primary N) is 1. The maximum absolute atomic E-state index is 14.8. The minimum atomic E-state index is -3.98. The average Bonchev–Trinajstić information content (AvgIpc) is 2.69. The third-order valence-corrected chi connectivity index (χ3v) is 6.55. The Labute approximate surface area is 119 Å². The van der Waals surface area contributed by atoms with E-state index in [2.05, 4.69) is 15.5 Å². The lowest BCUT2D eigenvalue weighted by molar-refractivity contribution is -0.124. The smallest absolute Gasteiger partial charge is 0.267 e. The fraction of sp³-hybridized carbons (Fsp3) is 0.700. The van der Waals surface area contributed by atoms with E-state index in [-0.39, 0.29) is 5.13 Å². The molecule has 10 heteroatoms. The van der Waals surface area contributed by atoms with Crippen LogP contribution in [0.1, 0.15) is 27.7 Å². The largest absolute Gasteiger partial charge is 0.298 e. The highest BCUT2D eigenvalue weighted by atomic mass is 32.2. The van der Waals surface area contributed by atoms with Gasteiger partial charge in [-0.05, 0) is 0 Å². The summed E-state index contributed by atoms with van der Waals surface area (Å²) in [6, 6.07) is 0. The van der Waals surface area contributed by atoms with Gasteiger partial charge < -0.3 is 0 Å². The van der Waals surface area contributed by atoms with Gasteiger partial charge in [0.05, 0.1) is 0 Å². The molecule has 1 amide bonds. The molecule has 1 aromatic rings. The van der Waals surface area contributed by atoms with Crippen LogP contribution in [-0.4, -0.2) is 30.2 Å². The summed E-state index contributed by atoms with van der Waals surface area (Å²) in [7, 11) is -3.98. The summed E-state index contributed by atoms with van der Waals surface area (Å²) >= 11 is 0.579. The Morgan fingerprint density at radius 3 is 2.10 bits per heavy atom. The van der Waals surface area contributed by atoms with Crippen LogP contribution in [0.2, 0.25) is 0 Å². The number of sulfonamides is 1. The molecule has 1 fully saturated rings. The summed E-state index contributed by atoms with van der Waals surface area (Å²) in [6.45, 7) is 6.62. The molecule has 1 saturated carbocycles. The number of hydrogen-bond acceptors (Lipinski definition) is 6. The van der Waals surface area contributed by atoms with Crippen molar-refractivity contribution in [2.45, 2.75) is 37.7 Å². The molecule has 0 unspecified atom stereocenters. The lowest BCUT2D eigenvalue weighted by Crippen LogP contribution is -2.32. The zero-order valence-corrected chi connectivity index (χ0v) is 13.0. The van der Waals surface area contributed by atoms with E-state index in [4.69, 9.17) is 5.14 Å². The molecule has 1 heterocycles. The highest BCUT2D eigenvalue weighted by molar-refractivity contribution is 7.91. The van der Waals surface area contributed by atoms with Crippen molar-refractivity contribution in [2.75, 3.05) is 5.32 Å². The first-order chi connectivity index (χ1) is 8.85. The first kappa shape index (κ1) is 15.3. The molecule has 20 heavy (non-hydrogen) atoms. The van der Waals surface area contributed by atoms with Crippen LogP contribution >= 0.6 is 11.3 Å². The van der Waals surface area contributed by atoms with E-state index < -0.39 is 36.8 Å². The molecule has 1 aliphatic carbocycles. The minimum absolute atomic E-state index is 0.102. The number of aromatic nitrogens is 2. The number of carbonyl (C=O) groups is 1. The van der Waals surface area contributed by atoms with E-state index in [0.717, 1.165) is 0 Å². The summed E-state index contributed by atoms with van der Waals surface area (Å²) in [6.07, 6.45) is 0. The van der Waals surface area contributed by atoms with Crippen LogP contribution in [-0.2, 0) is 14.8 Å². The normalized spacial score (nSPS) is 22.3. The van der Waals surface area contributed by atoms with Crippen molar-refractivity contribution in [3.05, 3.63) is 0 Å². The van der Waals surface area contributed by atoms with Gasteiger partial charge in [0.15, 0.2) is 5.67 Å². The van der Waals surface area contributed by atoms with Crippen molar-refractivity contribution < 1.29 is 17.6 Å². The maximum atomic E-state index is 14.8. The Hall–Kier alpha value is -1.13. The average molecular weight is 322 g/mol. The van der Waals surface area contributed by atoms with Gasteiger partial charge >= 0.3 is 0 Å². The van der Waals surface area contributed by atoms with Crippen molar-refractivity contribution >= 4 is 32.4 Å². The molecule has 0 spiro atoms. The van der Waals surface area contributed by atoms with Gasteiger partial charge in [0.2, 0.25) is 9.47 Å². The lowest BCUT2D eigenvalue weighted by Gasteiger charge is -2.09. The van der Waals surface area contributed by atoms with E-state index in [0.29, 0.717) is 11.3 Å². The number of amides is 1. The summed E-state index contributed by atoms with van der Waals surface area (Å²) in [5, 5.41) is 13.8. The van der Waals surface area contributed by atoms with Gasteiger partial charge in [0.1, 0.15) is 0 Å². The van der Waals surface area contributed by atoms with Crippen molar-refractivity contribution in [1.29, 1.82) is 0 Å². The fourth-order valence-electron chi connectivity index (χ4n) is 2.37. The quantitative estimate of drug-likeness (QED) is 0.802. The van der Waals surface area contributed by atoms with Crippen LogP contribution < -0.4 is 10.5 Å².